The lowest BCUT2D eigenvalue weighted by Crippen LogP contribution is -2.43. The van der Waals surface area contributed by atoms with Crippen LogP contribution in [0.4, 0.5) is 11.5 Å². The number of rotatable bonds is 1. The van der Waals surface area contributed by atoms with Gasteiger partial charge >= 0.3 is 11.5 Å². The molecule has 1 aromatic carbocycles. The maximum absolute atomic E-state index is 11.9. The van der Waals surface area contributed by atoms with E-state index >= 15 is 0 Å². The minimum atomic E-state index is -0.482. The number of nitriles is 1. The van der Waals surface area contributed by atoms with Crippen molar-refractivity contribution in [2.45, 2.75) is 6.92 Å². The number of carbonyl (C=O) groups is 1. The molecule has 1 heterocycles. The van der Waals surface area contributed by atoms with Gasteiger partial charge in [-0.1, -0.05) is 0 Å². The third-order valence-corrected chi connectivity index (χ3v) is 2.50. The molecule has 0 bridgehead atoms. The van der Waals surface area contributed by atoms with Gasteiger partial charge in [-0.2, -0.15) is 5.26 Å². The average Bonchev–Trinajstić information content (AvgIpc) is 2.36. The summed E-state index contributed by atoms with van der Waals surface area (Å²) in [6.45, 7) is 1.32. The molecule has 0 fully saturated rings. The predicted molar refractivity (Wildman–Crippen MR) is 65.3 cm³/mol. The highest BCUT2D eigenvalue weighted by molar-refractivity contribution is 5.90. The molecule has 1 aromatic heterocycles. The summed E-state index contributed by atoms with van der Waals surface area (Å²) in [6.07, 6.45) is 0. The fourth-order valence-electron chi connectivity index (χ4n) is 1.69. The van der Waals surface area contributed by atoms with Gasteiger partial charge < -0.3 is 15.7 Å². The second-order valence-electron chi connectivity index (χ2n) is 3.82. The van der Waals surface area contributed by atoms with Gasteiger partial charge in [0.2, 0.25) is 11.4 Å². The van der Waals surface area contributed by atoms with Gasteiger partial charge in [-0.05, 0) is 6.07 Å². The molecule has 3 N–H and O–H groups in total. The minimum Gasteiger partial charge on any atom is -0.710 e. The van der Waals surface area contributed by atoms with Crippen LogP contribution in [-0.4, -0.2) is 5.91 Å². The number of aromatic nitrogens is 2. The van der Waals surface area contributed by atoms with Gasteiger partial charge in [0.25, 0.3) is 5.52 Å². The zero-order valence-corrected chi connectivity index (χ0v) is 9.88. The smallest absolute Gasteiger partial charge is 0.385 e. The van der Waals surface area contributed by atoms with Gasteiger partial charge in [0.1, 0.15) is 0 Å². The summed E-state index contributed by atoms with van der Waals surface area (Å²) in [7, 11) is 0. The van der Waals surface area contributed by atoms with E-state index in [1.165, 1.54) is 25.1 Å². The summed E-state index contributed by atoms with van der Waals surface area (Å²) in [5.41, 5.74) is 5.29. The fraction of sp³-hybridized carbons (Fsp3) is 0.0909. The zero-order valence-electron chi connectivity index (χ0n) is 9.88. The number of hydrogen-bond acceptors (Lipinski definition) is 5. The molecule has 96 valence electrons. The highest BCUT2D eigenvalue weighted by Crippen LogP contribution is 2.16. The Labute approximate surface area is 107 Å². The maximum atomic E-state index is 11.9. The van der Waals surface area contributed by atoms with E-state index in [-0.39, 0.29) is 26.4 Å². The fourth-order valence-corrected chi connectivity index (χ4v) is 1.69. The van der Waals surface area contributed by atoms with Crippen LogP contribution in [0.5, 0.6) is 0 Å². The first-order valence-corrected chi connectivity index (χ1v) is 5.21. The van der Waals surface area contributed by atoms with Crippen molar-refractivity contribution in [1.82, 2.24) is 0 Å². The quantitative estimate of drug-likeness (QED) is 0.527. The molecular weight excluding hydrogens is 250 g/mol. The lowest BCUT2D eigenvalue weighted by atomic mass is 10.2. The number of fused-ring (bicyclic) bond motifs is 1. The van der Waals surface area contributed by atoms with E-state index < -0.39 is 11.5 Å². The number of nitrogens with one attached hydrogen (secondary N) is 1. The first-order chi connectivity index (χ1) is 8.95. The number of nitrogens with two attached hydrogens (primary N) is 1. The Morgan fingerprint density at radius 2 is 2.05 bits per heavy atom. The first kappa shape index (κ1) is 12.4. The van der Waals surface area contributed by atoms with E-state index in [9.17, 15) is 15.2 Å². The Kier molecular flexibility index (Phi) is 2.80. The Morgan fingerprint density at radius 1 is 1.37 bits per heavy atom. The Morgan fingerprint density at radius 3 is 2.63 bits per heavy atom. The van der Waals surface area contributed by atoms with Crippen molar-refractivity contribution < 1.29 is 14.3 Å². The summed E-state index contributed by atoms with van der Waals surface area (Å²) in [6, 6.07) is 5.68. The van der Waals surface area contributed by atoms with Gasteiger partial charge in [0, 0.05) is 24.7 Å². The molecule has 0 spiro atoms. The van der Waals surface area contributed by atoms with Gasteiger partial charge in [-0.3, -0.25) is 10.5 Å². The van der Waals surface area contributed by atoms with Crippen LogP contribution in [0, 0.1) is 21.7 Å². The molecule has 8 heteroatoms. The minimum absolute atomic E-state index is 0.00477. The average molecular weight is 259 g/mol. The lowest BCUT2D eigenvalue weighted by molar-refractivity contribution is -0.620. The largest absolute Gasteiger partial charge is 0.710 e. The van der Waals surface area contributed by atoms with Crippen LogP contribution in [0.3, 0.4) is 0 Å². The molecule has 2 aromatic rings. The zero-order chi connectivity index (χ0) is 14.2. The molecule has 0 saturated heterocycles. The molecular formula is C11H9N5O3. The molecule has 0 unspecified atom stereocenters. The molecule has 1 amide bonds. The molecule has 0 saturated carbocycles. The number of nitrogen functional groups attached to an aromatic ring is 1. The monoisotopic (exact) mass is 259 g/mol. The molecule has 0 atom stereocenters. The standard InChI is InChI=1S/C11H9N5O3/c1-6(17)14-7-2-3-8-9(4-7)16(19)11(13)10(5-12)15(8)18/h2-4H,13H2,1H3,(H,14,17). The van der Waals surface area contributed by atoms with Crippen molar-refractivity contribution in [2.75, 3.05) is 11.1 Å². The Bertz CT molecular complexity index is 735. The first-order valence-electron chi connectivity index (χ1n) is 5.21. The van der Waals surface area contributed by atoms with Crippen molar-refractivity contribution in [2.24, 2.45) is 0 Å². The molecule has 0 radical (unpaired) electrons. The second kappa shape index (κ2) is 4.30. The van der Waals surface area contributed by atoms with Gasteiger partial charge in [-0.15, -0.1) is 4.73 Å². The highest BCUT2D eigenvalue weighted by atomic mass is 16.5. The topological polar surface area (TPSA) is 133 Å². The number of amides is 1. The van der Waals surface area contributed by atoms with Crippen LogP contribution in [0.25, 0.3) is 11.0 Å². The third kappa shape index (κ3) is 1.93. The van der Waals surface area contributed by atoms with Gasteiger partial charge in [-0.25, -0.2) is 4.73 Å². The molecule has 0 aliphatic rings. The normalized spacial score (nSPS) is 10.1. The van der Waals surface area contributed by atoms with E-state index in [0.29, 0.717) is 5.69 Å². The van der Waals surface area contributed by atoms with Crippen LogP contribution in [0.2, 0.25) is 0 Å². The van der Waals surface area contributed by atoms with Crippen molar-refractivity contribution in [3.05, 3.63) is 34.3 Å². The van der Waals surface area contributed by atoms with E-state index in [4.69, 9.17) is 11.0 Å². The van der Waals surface area contributed by atoms with Crippen molar-refractivity contribution in [1.29, 1.82) is 5.26 Å². The summed E-state index contributed by atoms with van der Waals surface area (Å²) in [5.74, 6) is -0.793. The Hall–Kier alpha value is -3.08. The number of carbonyl (C=O) groups excluding carboxylic acids is 1. The second-order valence-corrected chi connectivity index (χ2v) is 3.82. The van der Waals surface area contributed by atoms with Crippen LogP contribution < -0.4 is 20.5 Å². The van der Waals surface area contributed by atoms with E-state index in [1.807, 2.05) is 0 Å². The van der Waals surface area contributed by atoms with Gasteiger partial charge in [0.05, 0.1) is 0 Å². The summed E-state index contributed by atoms with van der Waals surface area (Å²) in [5, 5.41) is 35.0. The predicted octanol–water partition coefficient (Wildman–Crippen LogP) is -0.481. The van der Waals surface area contributed by atoms with Crippen molar-refractivity contribution >= 4 is 28.4 Å². The molecule has 0 aliphatic carbocycles. The lowest BCUT2D eigenvalue weighted by Gasteiger charge is -2.11. The molecule has 8 nitrogen and oxygen atoms in total. The summed E-state index contributed by atoms with van der Waals surface area (Å²) in [4.78, 5) is 10.9. The number of nitrogens with zero attached hydrogens (tertiary/aromatic N) is 3. The van der Waals surface area contributed by atoms with E-state index in [2.05, 4.69) is 5.32 Å². The molecule has 19 heavy (non-hydrogen) atoms. The summed E-state index contributed by atoms with van der Waals surface area (Å²) < 4.78 is 0.574. The van der Waals surface area contributed by atoms with Crippen LogP contribution in [-0.2, 0) is 4.79 Å². The van der Waals surface area contributed by atoms with Crippen LogP contribution >= 0.6 is 0 Å². The van der Waals surface area contributed by atoms with Crippen LogP contribution in [0.1, 0.15) is 12.6 Å². The van der Waals surface area contributed by atoms with Crippen molar-refractivity contribution in [3.63, 3.8) is 0 Å². The van der Waals surface area contributed by atoms with Gasteiger partial charge in [0.15, 0.2) is 6.07 Å². The number of benzene rings is 1. The van der Waals surface area contributed by atoms with Crippen molar-refractivity contribution in [3.8, 4) is 6.07 Å². The van der Waals surface area contributed by atoms with E-state index in [1.54, 1.807) is 6.07 Å². The molecule has 0 aliphatic heterocycles. The molecule has 2 rings (SSSR count). The van der Waals surface area contributed by atoms with E-state index in [0.717, 1.165) is 0 Å². The highest BCUT2D eigenvalue weighted by Gasteiger charge is 2.23. The maximum Gasteiger partial charge on any atom is 0.385 e. The van der Waals surface area contributed by atoms with Crippen LogP contribution in [0.15, 0.2) is 18.2 Å². The number of hydrogen-bond donors (Lipinski definition) is 2. The summed E-state index contributed by atoms with van der Waals surface area (Å²) >= 11 is 0. The Balaban J connectivity index is 2.78. The number of anilines is 2. The SMILES string of the molecule is CC(=O)Nc1ccc2c(c1)[n+]([O-])c(N)c(C#N)[n+]2[O-]. The third-order valence-electron chi connectivity index (χ3n) is 2.50.